The molecule has 0 radical (unpaired) electrons. The summed E-state index contributed by atoms with van der Waals surface area (Å²) in [7, 11) is -3.21. The zero-order chi connectivity index (χ0) is 12.6. The van der Waals surface area contributed by atoms with E-state index in [-0.39, 0.29) is 0 Å². The van der Waals surface area contributed by atoms with Gasteiger partial charge >= 0.3 is 0 Å². The summed E-state index contributed by atoms with van der Waals surface area (Å²) in [6.45, 7) is 0. The van der Waals surface area contributed by atoms with E-state index in [1.54, 1.807) is 0 Å². The van der Waals surface area contributed by atoms with Crippen LogP contribution >= 0.6 is 0 Å². The summed E-state index contributed by atoms with van der Waals surface area (Å²) in [5.41, 5.74) is 1.60. The molecule has 0 aliphatic carbocycles. The maximum atomic E-state index is 12.3. The smallest absolute Gasteiger partial charge is 0.189 e. The maximum absolute atomic E-state index is 12.3. The predicted molar refractivity (Wildman–Crippen MR) is 72.5 cm³/mol. The number of hydrogen-bond acceptors (Lipinski definition) is 2. The zero-order valence-corrected chi connectivity index (χ0v) is 10.5. The summed E-state index contributed by atoms with van der Waals surface area (Å²) in [5, 5.41) is -0.492. The van der Waals surface area contributed by atoms with Crippen LogP contribution in [0.4, 0.5) is 0 Å². The highest BCUT2D eigenvalue weighted by Gasteiger charge is 2.39. The molecule has 0 aromatic heterocycles. The zero-order valence-electron chi connectivity index (χ0n) is 9.65. The molecule has 0 bridgehead atoms. The van der Waals surface area contributed by atoms with Crippen molar-refractivity contribution >= 4 is 14.7 Å². The van der Waals surface area contributed by atoms with Crippen molar-refractivity contribution < 1.29 is 8.42 Å². The topological polar surface area (TPSA) is 34.1 Å². The van der Waals surface area contributed by atoms with Gasteiger partial charge in [0.05, 0.1) is 4.91 Å². The second-order valence-corrected chi connectivity index (χ2v) is 6.31. The van der Waals surface area contributed by atoms with E-state index in [1.165, 1.54) is 0 Å². The van der Waals surface area contributed by atoms with Crippen LogP contribution in [0.5, 0.6) is 0 Å². The Kier molecular flexibility index (Phi) is 2.56. The van der Waals surface area contributed by atoms with Gasteiger partial charge in [0, 0.05) is 0 Å². The molecule has 90 valence electrons. The van der Waals surface area contributed by atoms with E-state index in [0.717, 1.165) is 11.1 Å². The third-order valence-electron chi connectivity index (χ3n) is 3.13. The lowest BCUT2D eigenvalue weighted by Gasteiger charge is -2.26. The third kappa shape index (κ3) is 1.68. The second kappa shape index (κ2) is 4.10. The van der Waals surface area contributed by atoms with Gasteiger partial charge in [0.1, 0.15) is 5.25 Å². The van der Waals surface area contributed by atoms with Gasteiger partial charge in [0.15, 0.2) is 9.84 Å². The first-order valence-electron chi connectivity index (χ1n) is 5.76. The van der Waals surface area contributed by atoms with Gasteiger partial charge in [0.2, 0.25) is 0 Å². The Morgan fingerprint density at radius 3 is 1.89 bits per heavy atom. The quantitative estimate of drug-likeness (QED) is 0.827. The van der Waals surface area contributed by atoms with Crippen LogP contribution in [0.25, 0.3) is 4.91 Å². The van der Waals surface area contributed by atoms with Crippen LogP contribution in [-0.4, -0.2) is 8.42 Å². The summed E-state index contributed by atoms with van der Waals surface area (Å²) in [6, 6.07) is 18.5. The second-order valence-electron chi connectivity index (χ2n) is 4.27. The van der Waals surface area contributed by atoms with Crippen molar-refractivity contribution in [3.05, 3.63) is 77.9 Å². The van der Waals surface area contributed by atoms with Gasteiger partial charge in [-0.1, -0.05) is 60.7 Å². The van der Waals surface area contributed by atoms with Crippen LogP contribution in [-0.2, 0) is 9.84 Å². The average molecular weight is 256 g/mol. The first kappa shape index (κ1) is 11.2. The molecule has 0 amide bonds. The van der Waals surface area contributed by atoms with Crippen LogP contribution in [0.3, 0.4) is 0 Å². The molecule has 2 aromatic carbocycles. The lowest BCUT2D eigenvalue weighted by atomic mass is 10.1. The highest BCUT2D eigenvalue weighted by molar-refractivity contribution is 8.02. The fourth-order valence-electron chi connectivity index (χ4n) is 2.17. The minimum atomic E-state index is -3.21. The third-order valence-corrected chi connectivity index (χ3v) is 5.19. The van der Waals surface area contributed by atoms with Gasteiger partial charge in [-0.25, -0.2) is 8.42 Å². The average Bonchev–Trinajstić information content (AvgIpc) is 2.40. The fraction of sp³-hybridized carbons (Fsp3) is 0.0667. The van der Waals surface area contributed by atoms with E-state index in [9.17, 15) is 8.42 Å². The standard InChI is InChI=1S/C15H12O2S/c16-18(17)14(12-7-3-1-4-8-12)11-15(18)13-9-5-2-6-10-13/h1-11,14H/t14-/m1/s1. The number of sulfone groups is 1. The van der Waals surface area contributed by atoms with E-state index in [0.29, 0.717) is 4.91 Å². The Labute approximate surface area is 107 Å². The summed E-state index contributed by atoms with van der Waals surface area (Å²) in [4.78, 5) is 0.442. The monoisotopic (exact) mass is 256 g/mol. The number of benzene rings is 2. The van der Waals surface area contributed by atoms with E-state index in [1.807, 2.05) is 66.7 Å². The van der Waals surface area contributed by atoms with Crippen molar-refractivity contribution in [3.63, 3.8) is 0 Å². The normalized spacial score (nSPS) is 20.9. The molecule has 0 fully saturated rings. The Morgan fingerprint density at radius 2 is 1.33 bits per heavy atom. The molecule has 2 nitrogen and oxygen atoms in total. The van der Waals surface area contributed by atoms with Crippen LogP contribution in [0.15, 0.2) is 66.7 Å². The van der Waals surface area contributed by atoms with Crippen molar-refractivity contribution in [2.24, 2.45) is 0 Å². The van der Waals surface area contributed by atoms with Crippen LogP contribution in [0.2, 0.25) is 0 Å². The first-order chi connectivity index (χ1) is 8.69. The number of hydrogen-bond donors (Lipinski definition) is 0. The molecule has 1 heterocycles. The molecule has 1 aliphatic heterocycles. The minimum absolute atomic E-state index is 0.442. The van der Waals surface area contributed by atoms with Gasteiger partial charge in [0.25, 0.3) is 0 Å². The molecule has 3 heteroatoms. The molecule has 0 N–H and O–H groups in total. The molecule has 0 saturated heterocycles. The summed E-state index contributed by atoms with van der Waals surface area (Å²) < 4.78 is 24.6. The first-order valence-corrected chi connectivity index (χ1v) is 7.30. The molecular formula is C15H12O2S. The molecule has 0 saturated carbocycles. The highest BCUT2D eigenvalue weighted by atomic mass is 32.2. The van der Waals surface area contributed by atoms with Gasteiger partial charge in [-0.3, -0.25) is 0 Å². The molecule has 18 heavy (non-hydrogen) atoms. The highest BCUT2D eigenvalue weighted by Crippen LogP contribution is 2.44. The molecule has 1 aliphatic rings. The van der Waals surface area contributed by atoms with Gasteiger partial charge in [-0.05, 0) is 17.2 Å². The fourth-order valence-corrected chi connectivity index (χ4v) is 3.84. The molecular weight excluding hydrogens is 244 g/mol. The predicted octanol–water partition coefficient (Wildman–Crippen LogP) is 3.20. The summed E-state index contributed by atoms with van der Waals surface area (Å²) >= 11 is 0. The van der Waals surface area contributed by atoms with Crippen molar-refractivity contribution in [1.82, 2.24) is 0 Å². The molecule has 0 unspecified atom stereocenters. The van der Waals surface area contributed by atoms with E-state index >= 15 is 0 Å². The van der Waals surface area contributed by atoms with Crippen LogP contribution < -0.4 is 0 Å². The SMILES string of the molecule is O=S1(=O)C(c2ccccc2)=C[C@@H]1c1ccccc1. The Morgan fingerprint density at radius 1 is 0.778 bits per heavy atom. The van der Waals surface area contributed by atoms with Gasteiger partial charge in [-0.2, -0.15) is 0 Å². The van der Waals surface area contributed by atoms with E-state index in [2.05, 4.69) is 0 Å². The van der Waals surface area contributed by atoms with Crippen molar-refractivity contribution in [1.29, 1.82) is 0 Å². The molecule has 1 atom stereocenters. The summed E-state index contributed by atoms with van der Waals surface area (Å²) in [6.07, 6.45) is 1.82. The van der Waals surface area contributed by atoms with Crippen LogP contribution in [0.1, 0.15) is 16.4 Å². The van der Waals surface area contributed by atoms with Crippen molar-refractivity contribution in [2.75, 3.05) is 0 Å². The van der Waals surface area contributed by atoms with Crippen LogP contribution in [0, 0.1) is 0 Å². The maximum Gasteiger partial charge on any atom is 0.189 e. The molecule has 3 rings (SSSR count). The summed E-state index contributed by atoms with van der Waals surface area (Å²) in [5.74, 6) is 0. The molecule has 2 aromatic rings. The lowest BCUT2D eigenvalue weighted by molar-refractivity contribution is 0.596. The van der Waals surface area contributed by atoms with Crippen molar-refractivity contribution in [3.8, 4) is 0 Å². The van der Waals surface area contributed by atoms with Gasteiger partial charge in [-0.15, -0.1) is 0 Å². The van der Waals surface area contributed by atoms with E-state index in [4.69, 9.17) is 0 Å². The van der Waals surface area contributed by atoms with E-state index < -0.39 is 15.1 Å². The number of rotatable bonds is 2. The minimum Gasteiger partial charge on any atom is -0.223 e. The Hall–Kier alpha value is -1.87. The molecule has 0 spiro atoms. The largest absolute Gasteiger partial charge is 0.223 e. The lowest BCUT2D eigenvalue weighted by Crippen LogP contribution is -2.22. The van der Waals surface area contributed by atoms with Gasteiger partial charge < -0.3 is 0 Å². The Bertz CT molecular complexity index is 686. The van der Waals surface area contributed by atoms with Crippen molar-refractivity contribution in [2.45, 2.75) is 5.25 Å². The Balaban J connectivity index is 2.03.